The van der Waals surface area contributed by atoms with Gasteiger partial charge in [-0.2, -0.15) is 0 Å². The topological polar surface area (TPSA) is 42.0 Å². The van der Waals surface area contributed by atoms with Gasteiger partial charge in [0.1, 0.15) is 6.10 Å². The van der Waals surface area contributed by atoms with Crippen molar-refractivity contribution in [2.75, 3.05) is 26.3 Å². The molecule has 1 aromatic carbocycles. The number of fused-ring (bicyclic) bond motifs is 4. The van der Waals surface area contributed by atoms with E-state index in [1.54, 1.807) is 11.1 Å². The van der Waals surface area contributed by atoms with E-state index in [4.69, 9.17) is 9.47 Å². The summed E-state index contributed by atoms with van der Waals surface area (Å²) < 4.78 is 11.1. The second-order valence-corrected chi connectivity index (χ2v) is 10.3. The van der Waals surface area contributed by atoms with Crippen LogP contribution in [0.2, 0.25) is 0 Å². The third-order valence-electron chi connectivity index (χ3n) is 8.81. The predicted molar refractivity (Wildman–Crippen MR) is 115 cm³/mol. The largest absolute Gasteiger partial charge is 0.444 e. The van der Waals surface area contributed by atoms with E-state index in [9.17, 15) is 4.79 Å². The molecule has 5 nitrogen and oxygen atoms in total. The molecule has 4 aliphatic heterocycles. The molecule has 1 aromatic rings. The van der Waals surface area contributed by atoms with Crippen molar-refractivity contribution >= 4 is 6.09 Å². The van der Waals surface area contributed by atoms with E-state index < -0.39 is 0 Å². The highest BCUT2D eigenvalue weighted by atomic mass is 16.6. The minimum atomic E-state index is -0.0865. The van der Waals surface area contributed by atoms with Crippen molar-refractivity contribution in [1.29, 1.82) is 0 Å². The van der Waals surface area contributed by atoms with Gasteiger partial charge in [0.2, 0.25) is 0 Å². The van der Waals surface area contributed by atoms with Crippen molar-refractivity contribution in [1.82, 2.24) is 9.80 Å². The number of benzene rings is 1. The second-order valence-electron chi connectivity index (χ2n) is 10.3. The smallest absolute Gasteiger partial charge is 0.410 e. The van der Waals surface area contributed by atoms with E-state index in [1.807, 2.05) is 0 Å². The number of nitrogens with zero attached hydrogens (tertiary/aromatic N) is 2. The van der Waals surface area contributed by atoms with Crippen LogP contribution >= 0.6 is 0 Å². The number of aryl methyl sites for hydroxylation is 1. The zero-order valence-corrected chi connectivity index (χ0v) is 17.9. The summed E-state index contributed by atoms with van der Waals surface area (Å²) in [7, 11) is 0. The molecule has 2 unspecified atom stereocenters. The number of ether oxygens (including phenoxy) is 2. The maximum Gasteiger partial charge on any atom is 0.410 e. The van der Waals surface area contributed by atoms with Crippen LogP contribution < -0.4 is 0 Å². The Morgan fingerprint density at radius 3 is 2.50 bits per heavy atom. The fourth-order valence-corrected chi connectivity index (χ4v) is 7.15. The molecule has 0 aromatic heterocycles. The molecule has 4 fully saturated rings. The van der Waals surface area contributed by atoms with E-state index in [1.165, 1.54) is 38.8 Å². The summed E-state index contributed by atoms with van der Waals surface area (Å²) in [5.74, 6) is 0. The van der Waals surface area contributed by atoms with E-state index in [0.717, 1.165) is 32.1 Å². The highest BCUT2D eigenvalue weighted by molar-refractivity contribution is 5.69. The van der Waals surface area contributed by atoms with Gasteiger partial charge >= 0.3 is 6.09 Å². The molecule has 0 radical (unpaired) electrons. The van der Waals surface area contributed by atoms with Gasteiger partial charge in [-0.1, -0.05) is 24.3 Å². The molecule has 162 valence electrons. The molecule has 4 saturated heterocycles. The van der Waals surface area contributed by atoms with E-state index >= 15 is 0 Å². The van der Waals surface area contributed by atoms with Crippen LogP contribution in [0.5, 0.6) is 0 Å². The first kappa shape index (κ1) is 19.1. The SMILES string of the molecule is O=C(O[C@@H]1CCOC1)N1C2CCC1CC(N1CCC3(CCc4ccccc43)CC1)C2. The highest BCUT2D eigenvalue weighted by Gasteiger charge is 2.48. The molecule has 0 saturated carbocycles. The van der Waals surface area contributed by atoms with Gasteiger partial charge in [-0.15, -0.1) is 0 Å². The molecule has 0 N–H and O–H groups in total. The van der Waals surface area contributed by atoms with Crippen molar-refractivity contribution in [3.63, 3.8) is 0 Å². The number of rotatable bonds is 2. The van der Waals surface area contributed by atoms with Crippen LogP contribution in [-0.2, 0) is 21.3 Å². The van der Waals surface area contributed by atoms with Gasteiger partial charge < -0.3 is 19.3 Å². The number of hydrogen-bond acceptors (Lipinski definition) is 4. The van der Waals surface area contributed by atoms with Crippen LogP contribution in [0, 0.1) is 0 Å². The van der Waals surface area contributed by atoms with Crippen molar-refractivity contribution in [3.8, 4) is 0 Å². The number of likely N-dealkylation sites (tertiary alicyclic amines) is 1. The van der Waals surface area contributed by atoms with Gasteiger partial charge in [-0.25, -0.2) is 4.79 Å². The lowest BCUT2D eigenvalue weighted by molar-refractivity contribution is 0.00914. The fraction of sp³-hybridized carbons (Fsp3) is 0.720. The number of piperidine rings is 2. The molecule has 5 heteroatoms. The van der Waals surface area contributed by atoms with Gasteiger partial charge in [-0.3, -0.25) is 0 Å². The van der Waals surface area contributed by atoms with Crippen LogP contribution in [0.3, 0.4) is 0 Å². The maximum atomic E-state index is 12.8. The van der Waals surface area contributed by atoms with Crippen LogP contribution in [0.4, 0.5) is 4.79 Å². The molecule has 1 spiro atoms. The minimum absolute atomic E-state index is 0.0396. The van der Waals surface area contributed by atoms with Gasteiger partial charge in [-0.05, 0) is 81.0 Å². The number of carbonyl (C=O) groups excluding carboxylic acids is 1. The molecular weight excluding hydrogens is 376 g/mol. The molecule has 3 atom stereocenters. The number of hydrogen-bond donors (Lipinski definition) is 0. The molecule has 4 heterocycles. The van der Waals surface area contributed by atoms with Crippen molar-refractivity contribution < 1.29 is 14.3 Å². The van der Waals surface area contributed by atoms with Crippen molar-refractivity contribution in [2.24, 2.45) is 0 Å². The Morgan fingerprint density at radius 2 is 1.77 bits per heavy atom. The standard InChI is InChI=1S/C25H34N2O3/c28-24(30-22-8-14-29-17-22)27-19-5-6-20(27)16-21(15-19)26-12-10-25(11-13-26)9-7-18-3-1-2-4-23(18)25/h1-4,19-22H,5-17H2/t19?,20?,21?,22-/m1/s1. The lowest BCUT2D eigenvalue weighted by atomic mass is 9.73. The lowest BCUT2D eigenvalue weighted by Crippen LogP contribution is -2.55. The number of amides is 1. The highest BCUT2D eigenvalue weighted by Crippen LogP contribution is 2.47. The zero-order valence-electron chi connectivity index (χ0n) is 17.9. The first-order chi connectivity index (χ1) is 14.7. The average molecular weight is 411 g/mol. The maximum absolute atomic E-state index is 12.8. The quantitative estimate of drug-likeness (QED) is 0.742. The van der Waals surface area contributed by atoms with Crippen LogP contribution in [-0.4, -0.2) is 66.4 Å². The third kappa shape index (κ3) is 3.16. The van der Waals surface area contributed by atoms with Crippen LogP contribution in [0.25, 0.3) is 0 Å². The summed E-state index contributed by atoms with van der Waals surface area (Å²) in [6, 6.07) is 10.5. The molecule has 6 rings (SSSR count). The Labute approximate surface area is 179 Å². The minimum Gasteiger partial charge on any atom is -0.444 e. The Bertz CT molecular complexity index is 783. The zero-order chi connectivity index (χ0) is 20.1. The Balaban J connectivity index is 1.08. The van der Waals surface area contributed by atoms with Crippen LogP contribution in [0.15, 0.2) is 24.3 Å². The van der Waals surface area contributed by atoms with Gasteiger partial charge in [0, 0.05) is 24.5 Å². The van der Waals surface area contributed by atoms with E-state index in [-0.39, 0.29) is 12.2 Å². The summed E-state index contributed by atoms with van der Waals surface area (Å²) >= 11 is 0. The molecule has 1 aliphatic carbocycles. The predicted octanol–water partition coefficient (Wildman–Crippen LogP) is 3.89. The van der Waals surface area contributed by atoms with E-state index in [2.05, 4.69) is 34.1 Å². The van der Waals surface area contributed by atoms with Gasteiger partial charge in [0.25, 0.3) is 0 Å². The average Bonchev–Trinajstić information content (AvgIpc) is 3.47. The summed E-state index contributed by atoms with van der Waals surface area (Å²) in [5, 5.41) is 0. The van der Waals surface area contributed by atoms with Crippen molar-refractivity contribution in [3.05, 3.63) is 35.4 Å². The molecular formula is C25H34N2O3. The number of carbonyl (C=O) groups is 1. The van der Waals surface area contributed by atoms with Crippen molar-refractivity contribution in [2.45, 2.75) is 87.4 Å². The lowest BCUT2D eigenvalue weighted by Gasteiger charge is -2.47. The first-order valence-electron chi connectivity index (χ1n) is 12.1. The summed E-state index contributed by atoms with van der Waals surface area (Å²) in [6.45, 7) is 3.70. The summed E-state index contributed by atoms with van der Waals surface area (Å²) in [6.07, 6.45) is 10.4. The Hall–Kier alpha value is -1.59. The molecule has 1 amide bonds. The monoisotopic (exact) mass is 410 g/mol. The molecule has 2 bridgehead atoms. The summed E-state index contributed by atoms with van der Waals surface area (Å²) in [5.41, 5.74) is 3.65. The molecule has 5 aliphatic rings. The Morgan fingerprint density at radius 1 is 1.00 bits per heavy atom. The van der Waals surface area contributed by atoms with E-state index in [0.29, 0.717) is 36.8 Å². The summed E-state index contributed by atoms with van der Waals surface area (Å²) in [4.78, 5) is 17.7. The third-order valence-corrected chi connectivity index (χ3v) is 8.81. The fourth-order valence-electron chi connectivity index (χ4n) is 7.15. The van der Waals surface area contributed by atoms with Gasteiger partial charge in [0.05, 0.1) is 13.2 Å². The Kier molecular flexibility index (Phi) is 4.80. The first-order valence-corrected chi connectivity index (χ1v) is 12.1. The normalized spacial score (nSPS) is 35.0. The molecule has 30 heavy (non-hydrogen) atoms. The van der Waals surface area contributed by atoms with Gasteiger partial charge in [0.15, 0.2) is 0 Å². The van der Waals surface area contributed by atoms with Crippen LogP contribution in [0.1, 0.15) is 62.5 Å². The second kappa shape index (κ2) is 7.52.